The number of aryl methyl sites for hydroxylation is 1. The highest BCUT2D eigenvalue weighted by atomic mass is 16.6. The zero-order valence-electron chi connectivity index (χ0n) is 9.96. The van der Waals surface area contributed by atoms with Crippen LogP contribution in [0.3, 0.4) is 0 Å². The van der Waals surface area contributed by atoms with Gasteiger partial charge in [-0.15, -0.1) is 0 Å². The quantitative estimate of drug-likeness (QED) is 0.705. The van der Waals surface area contributed by atoms with Crippen molar-refractivity contribution in [2.45, 2.75) is 13.5 Å². The number of hydrogen-bond acceptors (Lipinski definition) is 4. The molecule has 1 aromatic heterocycles. The van der Waals surface area contributed by atoms with Gasteiger partial charge in [-0.25, -0.2) is 0 Å². The van der Waals surface area contributed by atoms with Crippen LogP contribution >= 0.6 is 0 Å². The Balaban J connectivity index is 1.86. The third-order valence-electron chi connectivity index (χ3n) is 2.74. The second kappa shape index (κ2) is 4.49. The number of fused-ring (bicyclic) bond motifs is 1. The molecule has 0 unspecified atom stereocenters. The molecular weight excluding hydrogens is 228 g/mol. The topological polar surface area (TPSA) is 48.2 Å². The van der Waals surface area contributed by atoms with Gasteiger partial charge < -0.3 is 4.74 Å². The minimum absolute atomic E-state index is 0.209. The van der Waals surface area contributed by atoms with Crippen molar-refractivity contribution >= 4 is 10.8 Å². The number of nitrogens with zero attached hydrogens (tertiary/aromatic N) is 2. The van der Waals surface area contributed by atoms with E-state index in [4.69, 9.17) is 9.26 Å². The molecule has 4 heteroatoms. The van der Waals surface area contributed by atoms with Crippen molar-refractivity contribution in [3.05, 3.63) is 53.9 Å². The molecule has 18 heavy (non-hydrogen) atoms. The molecule has 0 atom stereocenters. The molecule has 0 amide bonds. The van der Waals surface area contributed by atoms with E-state index in [0.29, 0.717) is 12.4 Å². The third kappa shape index (κ3) is 2.05. The first kappa shape index (κ1) is 10.8. The first-order valence-electron chi connectivity index (χ1n) is 5.73. The number of ether oxygens (including phenoxy) is 1. The van der Waals surface area contributed by atoms with Gasteiger partial charge in [-0.05, 0) is 23.3 Å². The molecule has 2 aromatic carbocycles. The average Bonchev–Trinajstić information content (AvgIpc) is 2.82. The highest BCUT2D eigenvalue weighted by Crippen LogP contribution is 2.19. The fourth-order valence-electron chi connectivity index (χ4n) is 1.89. The van der Waals surface area contributed by atoms with Gasteiger partial charge in [0.25, 0.3) is 0 Å². The van der Waals surface area contributed by atoms with Crippen LogP contribution in [0.25, 0.3) is 10.8 Å². The third-order valence-corrected chi connectivity index (χ3v) is 2.74. The monoisotopic (exact) mass is 240 g/mol. The molecule has 0 spiro atoms. The number of benzene rings is 2. The van der Waals surface area contributed by atoms with Gasteiger partial charge in [0.1, 0.15) is 6.61 Å². The molecule has 0 saturated carbocycles. The number of rotatable bonds is 3. The molecule has 4 nitrogen and oxygen atoms in total. The smallest absolute Gasteiger partial charge is 0.417 e. The van der Waals surface area contributed by atoms with Crippen LogP contribution in [-0.2, 0) is 6.61 Å². The molecular formula is C14H12N2O2. The van der Waals surface area contributed by atoms with Crippen LogP contribution in [-0.4, -0.2) is 10.1 Å². The molecule has 0 fully saturated rings. The van der Waals surface area contributed by atoms with E-state index in [9.17, 15) is 0 Å². The second-order valence-corrected chi connectivity index (χ2v) is 4.03. The van der Waals surface area contributed by atoms with Gasteiger partial charge in [0.2, 0.25) is 0 Å². The summed E-state index contributed by atoms with van der Waals surface area (Å²) in [6.45, 7) is 2.18. The van der Waals surface area contributed by atoms with Crippen molar-refractivity contribution in [2.75, 3.05) is 0 Å². The van der Waals surface area contributed by atoms with E-state index in [0.717, 1.165) is 5.56 Å². The summed E-state index contributed by atoms with van der Waals surface area (Å²) in [5, 5.41) is 6.05. The zero-order valence-corrected chi connectivity index (χ0v) is 9.96. The van der Waals surface area contributed by atoms with Crippen LogP contribution in [0, 0.1) is 6.92 Å². The molecule has 0 aliphatic rings. The van der Waals surface area contributed by atoms with Gasteiger partial charge in [0, 0.05) is 0 Å². The minimum atomic E-state index is 0.209. The Morgan fingerprint density at radius 3 is 2.78 bits per heavy atom. The predicted molar refractivity (Wildman–Crippen MR) is 67.3 cm³/mol. The van der Waals surface area contributed by atoms with E-state index in [1.807, 2.05) is 24.3 Å². The van der Waals surface area contributed by atoms with Gasteiger partial charge in [0.15, 0.2) is 5.82 Å². The van der Waals surface area contributed by atoms with Crippen molar-refractivity contribution in [3.63, 3.8) is 0 Å². The van der Waals surface area contributed by atoms with Crippen LogP contribution in [0.15, 0.2) is 47.0 Å². The highest BCUT2D eigenvalue weighted by molar-refractivity contribution is 5.85. The predicted octanol–water partition coefficient (Wildman–Crippen LogP) is 3.11. The fraction of sp³-hybridized carbons (Fsp3) is 0.143. The summed E-state index contributed by atoms with van der Waals surface area (Å²) in [4.78, 5) is 4.01. The van der Waals surface area contributed by atoms with Gasteiger partial charge >= 0.3 is 6.08 Å². The summed E-state index contributed by atoms with van der Waals surface area (Å²) < 4.78 is 10.4. The molecule has 3 aromatic rings. The van der Waals surface area contributed by atoms with Crippen LogP contribution in [0.5, 0.6) is 6.08 Å². The summed E-state index contributed by atoms with van der Waals surface area (Å²) in [5.41, 5.74) is 1.10. The highest BCUT2D eigenvalue weighted by Gasteiger charge is 2.05. The van der Waals surface area contributed by atoms with Crippen LogP contribution < -0.4 is 4.74 Å². The normalized spacial score (nSPS) is 10.7. The SMILES string of the molecule is Cc1noc(OCc2cccc3ccccc23)n1. The van der Waals surface area contributed by atoms with Gasteiger partial charge in [-0.2, -0.15) is 4.98 Å². The zero-order chi connectivity index (χ0) is 12.4. The maximum absolute atomic E-state index is 5.48. The summed E-state index contributed by atoms with van der Waals surface area (Å²) >= 11 is 0. The first-order valence-corrected chi connectivity index (χ1v) is 5.73. The van der Waals surface area contributed by atoms with Crippen molar-refractivity contribution in [3.8, 4) is 6.08 Å². The van der Waals surface area contributed by atoms with E-state index in [1.165, 1.54) is 10.8 Å². The van der Waals surface area contributed by atoms with E-state index in [1.54, 1.807) is 6.92 Å². The molecule has 1 heterocycles. The summed E-state index contributed by atoms with van der Waals surface area (Å²) in [6.07, 6.45) is 0.209. The van der Waals surface area contributed by atoms with Gasteiger partial charge in [-0.1, -0.05) is 47.6 Å². The number of hydrogen-bond donors (Lipinski definition) is 0. The second-order valence-electron chi connectivity index (χ2n) is 4.03. The van der Waals surface area contributed by atoms with Crippen molar-refractivity contribution in [2.24, 2.45) is 0 Å². The van der Waals surface area contributed by atoms with Crippen molar-refractivity contribution in [1.82, 2.24) is 10.1 Å². The maximum atomic E-state index is 5.48. The van der Waals surface area contributed by atoms with Crippen LogP contribution in [0.1, 0.15) is 11.4 Å². The van der Waals surface area contributed by atoms with Gasteiger partial charge in [0.05, 0.1) is 0 Å². The largest absolute Gasteiger partial charge is 0.444 e. The van der Waals surface area contributed by atoms with E-state index >= 15 is 0 Å². The summed E-state index contributed by atoms with van der Waals surface area (Å²) in [5.74, 6) is 0.572. The van der Waals surface area contributed by atoms with E-state index in [-0.39, 0.29) is 6.08 Å². The average molecular weight is 240 g/mol. The standard InChI is InChI=1S/C14H12N2O2/c1-10-15-14(18-16-10)17-9-12-7-4-6-11-5-2-3-8-13(11)12/h2-8H,9H2,1H3. The summed E-state index contributed by atoms with van der Waals surface area (Å²) in [6, 6.07) is 14.3. The molecule has 0 aliphatic heterocycles. The Hall–Kier alpha value is -2.36. The minimum Gasteiger partial charge on any atom is -0.444 e. The first-order chi connectivity index (χ1) is 8.83. The van der Waals surface area contributed by atoms with Crippen molar-refractivity contribution in [1.29, 1.82) is 0 Å². The van der Waals surface area contributed by atoms with E-state index in [2.05, 4.69) is 28.3 Å². The lowest BCUT2D eigenvalue weighted by Gasteiger charge is -2.05. The lowest BCUT2D eigenvalue weighted by molar-refractivity contribution is 0.196. The Kier molecular flexibility index (Phi) is 2.68. The van der Waals surface area contributed by atoms with Crippen LogP contribution in [0.2, 0.25) is 0 Å². The molecule has 0 aliphatic carbocycles. The van der Waals surface area contributed by atoms with Gasteiger partial charge in [-0.3, -0.25) is 4.52 Å². The Morgan fingerprint density at radius 1 is 1.11 bits per heavy atom. The molecule has 3 rings (SSSR count). The maximum Gasteiger partial charge on any atom is 0.417 e. The van der Waals surface area contributed by atoms with Crippen molar-refractivity contribution < 1.29 is 9.26 Å². The fourth-order valence-corrected chi connectivity index (χ4v) is 1.89. The van der Waals surface area contributed by atoms with E-state index < -0.39 is 0 Å². The Morgan fingerprint density at radius 2 is 1.94 bits per heavy atom. The molecule has 0 bridgehead atoms. The molecule has 90 valence electrons. The molecule has 0 N–H and O–H groups in total. The number of aromatic nitrogens is 2. The molecule has 0 radical (unpaired) electrons. The Bertz CT molecular complexity index is 671. The Labute approximate surface area is 104 Å². The molecule has 0 saturated heterocycles. The lowest BCUT2D eigenvalue weighted by Crippen LogP contribution is -1.96. The van der Waals surface area contributed by atoms with Crippen LogP contribution in [0.4, 0.5) is 0 Å². The lowest BCUT2D eigenvalue weighted by atomic mass is 10.1. The summed E-state index contributed by atoms with van der Waals surface area (Å²) in [7, 11) is 0.